The standard InChI is InChI=1S/C13H22N2O4S/c1-10-6-13(5-4-11(10)7-14)20(17,18)15(2)8-12(16)9-19-3/h4-6,12,16H,7-9,14H2,1-3H3. The largest absolute Gasteiger partial charge is 0.389 e. The van der Waals surface area contributed by atoms with Crippen LogP contribution in [0.15, 0.2) is 23.1 Å². The van der Waals surface area contributed by atoms with Crippen molar-refractivity contribution in [3.8, 4) is 0 Å². The first-order valence-corrected chi connectivity index (χ1v) is 7.69. The third-order valence-electron chi connectivity index (χ3n) is 3.07. The molecule has 0 aliphatic carbocycles. The third-order valence-corrected chi connectivity index (χ3v) is 4.89. The number of sulfonamides is 1. The van der Waals surface area contributed by atoms with Crippen LogP contribution in [0.4, 0.5) is 0 Å². The number of benzene rings is 1. The molecule has 1 unspecified atom stereocenters. The Bertz CT molecular complexity index is 545. The van der Waals surface area contributed by atoms with E-state index in [4.69, 9.17) is 10.5 Å². The molecule has 0 aliphatic rings. The molecule has 20 heavy (non-hydrogen) atoms. The molecule has 0 aromatic heterocycles. The second kappa shape index (κ2) is 7.14. The van der Waals surface area contributed by atoms with Crippen molar-refractivity contribution in [1.29, 1.82) is 0 Å². The van der Waals surface area contributed by atoms with Crippen molar-refractivity contribution in [3.05, 3.63) is 29.3 Å². The summed E-state index contributed by atoms with van der Waals surface area (Å²) in [7, 11) is -0.741. The summed E-state index contributed by atoms with van der Waals surface area (Å²) in [5, 5.41) is 9.62. The maximum absolute atomic E-state index is 12.4. The highest BCUT2D eigenvalue weighted by molar-refractivity contribution is 7.89. The molecule has 0 saturated carbocycles. The van der Waals surface area contributed by atoms with Gasteiger partial charge in [-0.15, -0.1) is 0 Å². The molecule has 1 atom stereocenters. The summed E-state index contributed by atoms with van der Waals surface area (Å²) >= 11 is 0. The minimum absolute atomic E-state index is 0.0200. The number of nitrogens with zero attached hydrogens (tertiary/aromatic N) is 1. The Morgan fingerprint density at radius 1 is 1.45 bits per heavy atom. The minimum Gasteiger partial charge on any atom is -0.389 e. The second-order valence-electron chi connectivity index (χ2n) is 4.69. The van der Waals surface area contributed by atoms with Crippen LogP contribution in [0.1, 0.15) is 11.1 Å². The Kier molecular flexibility index (Phi) is 6.09. The lowest BCUT2D eigenvalue weighted by Crippen LogP contribution is -2.36. The molecule has 0 amide bonds. The van der Waals surface area contributed by atoms with Crippen LogP contribution in [0.3, 0.4) is 0 Å². The predicted octanol–water partition coefficient (Wildman–Crippen LogP) is 0.0815. The quantitative estimate of drug-likeness (QED) is 0.744. The normalized spacial score (nSPS) is 13.7. The Labute approximate surface area is 120 Å². The van der Waals surface area contributed by atoms with Gasteiger partial charge in [-0.1, -0.05) is 6.07 Å². The fourth-order valence-corrected chi connectivity index (χ4v) is 3.17. The van der Waals surface area contributed by atoms with Gasteiger partial charge < -0.3 is 15.6 Å². The van der Waals surface area contributed by atoms with E-state index in [1.165, 1.54) is 20.2 Å². The SMILES string of the molecule is COCC(O)CN(C)S(=O)(=O)c1ccc(CN)c(C)c1. The number of rotatable bonds is 7. The van der Waals surface area contributed by atoms with Crippen molar-refractivity contribution >= 4 is 10.0 Å². The third kappa shape index (κ3) is 4.00. The summed E-state index contributed by atoms with van der Waals surface area (Å²) < 4.78 is 30.6. The lowest BCUT2D eigenvalue weighted by atomic mass is 10.1. The Hall–Kier alpha value is -0.990. The second-order valence-corrected chi connectivity index (χ2v) is 6.73. The molecule has 1 aromatic carbocycles. The van der Waals surface area contributed by atoms with Crippen LogP contribution >= 0.6 is 0 Å². The zero-order valence-corrected chi connectivity index (χ0v) is 12.9. The summed E-state index contributed by atoms with van der Waals surface area (Å²) in [6.07, 6.45) is -0.857. The van der Waals surface area contributed by atoms with E-state index < -0.39 is 16.1 Å². The Balaban J connectivity index is 2.95. The average molecular weight is 302 g/mol. The molecule has 114 valence electrons. The smallest absolute Gasteiger partial charge is 0.242 e. The number of ether oxygens (including phenoxy) is 1. The lowest BCUT2D eigenvalue weighted by molar-refractivity contribution is 0.0554. The minimum atomic E-state index is -3.62. The number of aryl methyl sites for hydroxylation is 1. The van der Waals surface area contributed by atoms with Gasteiger partial charge in [-0.2, -0.15) is 4.31 Å². The highest BCUT2D eigenvalue weighted by Gasteiger charge is 2.23. The highest BCUT2D eigenvalue weighted by Crippen LogP contribution is 2.18. The van der Waals surface area contributed by atoms with Crippen LogP contribution in [-0.2, 0) is 21.3 Å². The van der Waals surface area contributed by atoms with E-state index in [0.717, 1.165) is 15.4 Å². The number of hydrogen-bond acceptors (Lipinski definition) is 5. The number of hydrogen-bond donors (Lipinski definition) is 2. The molecule has 0 spiro atoms. The van der Waals surface area contributed by atoms with E-state index in [-0.39, 0.29) is 18.0 Å². The lowest BCUT2D eigenvalue weighted by Gasteiger charge is -2.20. The fraction of sp³-hybridized carbons (Fsp3) is 0.538. The van der Waals surface area contributed by atoms with Crippen LogP contribution in [0.25, 0.3) is 0 Å². The molecule has 0 bridgehead atoms. The van der Waals surface area contributed by atoms with Crippen LogP contribution in [0.5, 0.6) is 0 Å². The predicted molar refractivity (Wildman–Crippen MR) is 76.8 cm³/mol. The number of nitrogens with two attached hydrogens (primary N) is 1. The zero-order chi connectivity index (χ0) is 15.3. The summed E-state index contributed by atoms with van der Waals surface area (Å²) in [5.41, 5.74) is 7.30. The first-order chi connectivity index (χ1) is 9.32. The molecule has 7 heteroatoms. The molecule has 1 rings (SSSR count). The molecule has 0 fully saturated rings. The van der Waals surface area contributed by atoms with Gasteiger partial charge in [-0.3, -0.25) is 0 Å². The van der Waals surface area contributed by atoms with Gasteiger partial charge in [0.15, 0.2) is 0 Å². The molecular weight excluding hydrogens is 280 g/mol. The molecular formula is C13H22N2O4S. The number of methoxy groups -OCH3 is 1. The van der Waals surface area contributed by atoms with Gasteiger partial charge in [0, 0.05) is 27.2 Å². The molecule has 0 aliphatic heterocycles. The summed E-state index contributed by atoms with van der Waals surface area (Å²) in [6, 6.07) is 4.84. The first kappa shape index (κ1) is 17.1. The summed E-state index contributed by atoms with van der Waals surface area (Å²) in [6.45, 7) is 2.26. The van der Waals surface area contributed by atoms with Gasteiger partial charge in [0.05, 0.1) is 17.6 Å². The Morgan fingerprint density at radius 2 is 2.10 bits per heavy atom. The van der Waals surface area contributed by atoms with Crippen molar-refractivity contribution < 1.29 is 18.3 Å². The fourth-order valence-electron chi connectivity index (χ4n) is 1.88. The number of likely N-dealkylation sites (N-methyl/N-ethyl adjacent to an activating group) is 1. The van der Waals surface area contributed by atoms with Gasteiger partial charge in [0.1, 0.15) is 0 Å². The van der Waals surface area contributed by atoms with E-state index >= 15 is 0 Å². The monoisotopic (exact) mass is 302 g/mol. The van der Waals surface area contributed by atoms with Crippen LogP contribution in [-0.4, -0.2) is 51.2 Å². The Morgan fingerprint density at radius 3 is 2.60 bits per heavy atom. The van der Waals surface area contributed by atoms with E-state index in [1.807, 2.05) is 6.92 Å². The van der Waals surface area contributed by atoms with Crippen LogP contribution in [0.2, 0.25) is 0 Å². The van der Waals surface area contributed by atoms with Gasteiger partial charge in [-0.25, -0.2) is 8.42 Å². The van der Waals surface area contributed by atoms with Crippen LogP contribution < -0.4 is 5.73 Å². The van der Waals surface area contributed by atoms with Crippen molar-refractivity contribution in [2.45, 2.75) is 24.5 Å². The van der Waals surface area contributed by atoms with Gasteiger partial charge in [0.2, 0.25) is 10.0 Å². The average Bonchev–Trinajstić information content (AvgIpc) is 2.38. The van der Waals surface area contributed by atoms with Gasteiger partial charge >= 0.3 is 0 Å². The summed E-state index contributed by atoms with van der Waals surface area (Å²) in [4.78, 5) is 0.194. The van der Waals surface area contributed by atoms with Crippen LogP contribution in [0, 0.1) is 6.92 Å². The van der Waals surface area contributed by atoms with Gasteiger partial charge in [-0.05, 0) is 30.2 Å². The van der Waals surface area contributed by atoms with E-state index in [0.29, 0.717) is 6.54 Å². The molecule has 3 N–H and O–H groups in total. The number of aliphatic hydroxyl groups is 1. The van der Waals surface area contributed by atoms with E-state index in [2.05, 4.69) is 0 Å². The molecule has 0 radical (unpaired) electrons. The molecule has 0 saturated heterocycles. The van der Waals surface area contributed by atoms with Crippen molar-refractivity contribution in [1.82, 2.24) is 4.31 Å². The molecule has 0 heterocycles. The van der Waals surface area contributed by atoms with Crippen molar-refractivity contribution in [2.75, 3.05) is 27.3 Å². The molecule has 6 nitrogen and oxygen atoms in total. The van der Waals surface area contributed by atoms with Gasteiger partial charge in [0.25, 0.3) is 0 Å². The van der Waals surface area contributed by atoms with E-state index in [1.54, 1.807) is 12.1 Å². The number of aliphatic hydroxyl groups excluding tert-OH is 1. The van der Waals surface area contributed by atoms with Crippen molar-refractivity contribution in [3.63, 3.8) is 0 Å². The van der Waals surface area contributed by atoms with Crippen molar-refractivity contribution in [2.24, 2.45) is 5.73 Å². The zero-order valence-electron chi connectivity index (χ0n) is 12.0. The topological polar surface area (TPSA) is 92.9 Å². The maximum Gasteiger partial charge on any atom is 0.242 e. The highest BCUT2D eigenvalue weighted by atomic mass is 32.2. The molecule has 1 aromatic rings. The maximum atomic E-state index is 12.4. The van der Waals surface area contributed by atoms with E-state index in [9.17, 15) is 13.5 Å². The first-order valence-electron chi connectivity index (χ1n) is 6.25. The summed E-state index contributed by atoms with van der Waals surface area (Å²) in [5.74, 6) is 0.